The third kappa shape index (κ3) is 18.8. The van der Waals surface area contributed by atoms with Crippen molar-refractivity contribution < 1.29 is 0 Å². The van der Waals surface area contributed by atoms with Crippen molar-refractivity contribution in [2.75, 3.05) is 4.90 Å². The number of allylic oxidation sites excluding steroid dienone is 14. The molecule has 0 fully saturated rings. The average molecular weight is 1370 g/mol. The van der Waals surface area contributed by atoms with Crippen LogP contribution in [0.4, 0.5) is 17.1 Å². The first-order valence-corrected chi connectivity index (χ1v) is 36.6. The molecule has 13 aromatic carbocycles. The second kappa shape index (κ2) is 36.4. The number of hydrogen-bond donors (Lipinski definition) is 0. The summed E-state index contributed by atoms with van der Waals surface area (Å²) in [4.78, 5) is 2.34. The highest BCUT2D eigenvalue weighted by Crippen LogP contribution is 2.39. The van der Waals surface area contributed by atoms with Crippen LogP contribution in [0.3, 0.4) is 0 Å². The molecule has 107 heavy (non-hydrogen) atoms. The van der Waals surface area contributed by atoms with Crippen LogP contribution in [0.2, 0.25) is 0 Å². The molecule has 1 heteroatoms. The molecule has 0 aromatic heterocycles. The van der Waals surface area contributed by atoms with Crippen molar-refractivity contribution in [3.05, 3.63) is 532 Å². The third-order valence-electron chi connectivity index (χ3n) is 19.0. The Morgan fingerprint density at radius 2 is 0.439 bits per heavy atom. The summed E-state index contributed by atoms with van der Waals surface area (Å²) in [6, 6.07) is 127. The zero-order chi connectivity index (χ0) is 73.2. The molecule has 1 nitrogen and oxygen atoms in total. The van der Waals surface area contributed by atoms with Crippen molar-refractivity contribution in [1.82, 2.24) is 0 Å². The van der Waals surface area contributed by atoms with E-state index in [1.54, 1.807) is 0 Å². The van der Waals surface area contributed by atoms with Crippen molar-refractivity contribution in [2.24, 2.45) is 0 Å². The van der Waals surface area contributed by atoms with Gasteiger partial charge in [0, 0.05) is 17.1 Å². The maximum absolute atomic E-state index is 4.26. The Kier molecular flexibility index (Phi) is 24.4. The molecule has 0 aliphatic heterocycles. The summed E-state index contributed by atoms with van der Waals surface area (Å²) in [6.07, 6.45) is 34.6. The van der Waals surface area contributed by atoms with E-state index < -0.39 is 0 Å². The molecule has 13 aromatic rings. The minimum absolute atomic E-state index is 1.02. The SMILES string of the molecule is C=C/C(=C\C)C(=Cc1ccc(N(c2ccc(C=C(/C(C=C)=C/C)c3ccc(C=CC=C(c4ccccc4)c4ccccc4)cc3)cc2)c2ccc(C=C(c3ccccc3)c3ccc(C=CC=C(c4ccccc4)c4ccccc4)cc3)cc2)cc1)c1ccc(C=CC=C(c2ccccc2)c2ccccc2)cc1. The Labute approximate surface area is 633 Å². The van der Waals surface area contributed by atoms with E-state index in [-0.39, 0.29) is 0 Å². The summed E-state index contributed by atoms with van der Waals surface area (Å²) in [5.41, 5.74) is 30.1. The topological polar surface area (TPSA) is 3.24 Å². The van der Waals surface area contributed by atoms with Gasteiger partial charge >= 0.3 is 0 Å². The van der Waals surface area contributed by atoms with E-state index in [4.69, 9.17) is 0 Å². The number of anilines is 3. The zero-order valence-corrected chi connectivity index (χ0v) is 60.7. The van der Waals surface area contributed by atoms with E-state index in [9.17, 15) is 0 Å². The molecule has 0 aliphatic carbocycles. The highest BCUT2D eigenvalue weighted by molar-refractivity contribution is 5.96. The number of nitrogens with zero attached hydrogens (tertiary/aromatic N) is 1. The molecule has 0 heterocycles. The first-order valence-electron chi connectivity index (χ1n) is 36.6. The molecule has 0 unspecified atom stereocenters. The van der Waals surface area contributed by atoms with Crippen molar-refractivity contribution in [2.45, 2.75) is 13.8 Å². The Bertz CT molecular complexity index is 5100. The van der Waals surface area contributed by atoms with Crippen LogP contribution in [0, 0.1) is 0 Å². The molecule has 0 spiro atoms. The Balaban J connectivity index is 0.813. The van der Waals surface area contributed by atoms with Gasteiger partial charge in [0.25, 0.3) is 0 Å². The van der Waals surface area contributed by atoms with Crippen LogP contribution in [-0.2, 0) is 0 Å². The lowest BCUT2D eigenvalue weighted by Gasteiger charge is -2.26. The predicted octanol–water partition coefficient (Wildman–Crippen LogP) is 28.5. The van der Waals surface area contributed by atoms with Crippen molar-refractivity contribution in [1.29, 1.82) is 0 Å². The predicted molar refractivity (Wildman–Crippen MR) is 465 cm³/mol. The third-order valence-corrected chi connectivity index (χ3v) is 19.0. The van der Waals surface area contributed by atoms with Crippen molar-refractivity contribution in [3.8, 4) is 0 Å². The standard InChI is InChI=1S/C106H85N/c1-5-86(6-2)104(95-65-53-80(54-66-95)33-30-50-101(88-36-16-9-17-37-88)89-38-18-10-19-39-89)77-83-59-71-98(72-60-83)107(99-73-61-84(62-74-99)78-105(87(7-3)8-4)96-67-55-81(56-68-96)34-31-51-102(90-40-20-11-21-41-90)91-42-22-12-23-43-91)100-75-63-85(64-76-100)79-106(94-48-28-15-29-49-94)97-69-57-82(58-70-97)35-32-52-103(92-44-24-13-25-45-92)93-46-26-14-27-47-93/h5-79H,1,3H2,2,4H3/b33-30?,34-31?,35-32?,86-6+,87-8+,104-77?,105-78?,106-79?. The van der Waals surface area contributed by atoms with E-state index in [1.807, 2.05) is 12.2 Å². The molecule has 0 saturated heterocycles. The fourth-order valence-corrected chi connectivity index (χ4v) is 13.4. The first kappa shape index (κ1) is 71.7. The van der Waals surface area contributed by atoms with Crippen molar-refractivity contribution in [3.63, 3.8) is 0 Å². The summed E-state index contributed by atoms with van der Waals surface area (Å²) in [5, 5.41) is 0. The van der Waals surface area contributed by atoms with Gasteiger partial charge in [-0.2, -0.15) is 0 Å². The monoisotopic (exact) mass is 1370 g/mol. The lowest BCUT2D eigenvalue weighted by Crippen LogP contribution is -2.09. The summed E-state index contributed by atoms with van der Waals surface area (Å²) in [5.74, 6) is 0. The molecular weight excluding hydrogens is 1290 g/mol. The molecule has 0 aliphatic rings. The van der Waals surface area contributed by atoms with E-state index in [0.29, 0.717) is 0 Å². The first-order chi connectivity index (χ1) is 52.9. The van der Waals surface area contributed by atoms with Gasteiger partial charge < -0.3 is 4.90 Å². The summed E-state index contributed by atoms with van der Waals surface area (Å²) in [7, 11) is 0. The average Bonchev–Trinajstić information content (AvgIpc) is 0.795. The van der Waals surface area contributed by atoms with Crippen LogP contribution in [0.1, 0.15) is 103 Å². The van der Waals surface area contributed by atoms with E-state index in [1.165, 1.54) is 50.1 Å². The lowest BCUT2D eigenvalue weighted by atomic mass is 9.94. The molecular formula is C106H85N. The largest absolute Gasteiger partial charge is 0.311 e. The van der Waals surface area contributed by atoms with Gasteiger partial charge in [-0.05, 0) is 202 Å². The van der Waals surface area contributed by atoms with Crippen LogP contribution in [0.15, 0.2) is 443 Å². The van der Waals surface area contributed by atoms with Gasteiger partial charge in [0.15, 0.2) is 0 Å². The summed E-state index contributed by atoms with van der Waals surface area (Å²) >= 11 is 0. The maximum atomic E-state index is 4.26. The Morgan fingerprint density at radius 1 is 0.224 bits per heavy atom. The fourth-order valence-electron chi connectivity index (χ4n) is 13.4. The molecule has 0 atom stereocenters. The lowest BCUT2D eigenvalue weighted by molar-refractivity contribution is 1.28. The van der Waals surface area contributed by atoms with Crippen LogP contribution in [0.25, 0.3) is 69.9 Å². The molecule has 0 radical (unpaired) electrons. The van der Waals surface area contributed by atoms with E-state index in [0.717, 1.165) is 101 Å². The van der Waals surface area contributed by atoms with Gasteiger partial charge in [-0.15, -0.1) is 0 Å². The minimum Gasteiger partial charge on any atom is -0.311 e. The molecule has 514 valence electrons. The zero-order valence-electron chi connectivity index (χ0n) is 60.7. The van der Waals surface area contributed by atoms with Crippen LogP contribution in [-0.4, -0.2) is 0 Å². The molecule has 13 rings (SSSR count). The van der Waals surface area contributed by atoms with Gasteiger partial charge in [-0.3, -0.25) is 0 Å². The number of benzene rings is 13. The van der Waals surface area contributed by atoms with Crippen LogP contribution < -0.4 is 4.90 Å². The Morgan fingerprint density at radius 3 is 0.682 bits per heavy atom. The number of rotatable bonds is 26. The molecule has 0 N–H and O–H groups in total. The highest BCUT2D eigenvalue weighted by atomic mass is 15.1. The molecule has 0 saturated carbocycles. The Hall–Kier alpha value is -13.7. The normalized spacial score (nSPS) is 12.1. The smallest absolute Gasteiger partial charge is 0.0462 e. The molecule has 0 amide bonds. The van der Waals surface area contributed by atoms with Crippen molar-refractivity contribution >= 4 is 87.0 Å². The van der Waals surface area contributed by atoms with E-state index >= 15 is 0 Å². The van der Waals surface area contributed by atoms with Crippen LogP contribution >= 0.6 is 0 Å². The van der Waals surface area contributed by atoms with Gasteiger partial charge in [0.05, 0.1) is 0 Å². The van der Waals surface area contributed by atoms with Gasteiger partial charge in [-0.1, -0.05) is 414 Å². The summed E-state index contributed by atoms with van der Waals surface area (Å²) < 4.78 is 0. The number of hydrogen-bond acceptors (Lipinski definition) is 1. The van der Waals surface area contributed by atoms with Gasteiger partial charge in [-0.25, -0.2) is 0 Å². The summed E-state index contributed by atoms with van der Waals surface area (Å²) in [6.45, 7) is 12.7. The van der Waals surface area contributed by atoms with Gasteiger partial charge in [0.2, 0.25) is 0 Å². The maximum Gasteiger partial charge on any atom is 0.0462 e. The fraction of sp³-hybridized carbons (Fsp3) is 0.0189. The second-order valence-corrected chi connectivity index (χ2v) is 25.9. The van der Waals surface area contributed by atoms with Gasteiger partial charge in [0.1, 0.15) is 0 Å². The highest BCUT2D eigenvalue weighted by Gasteiger charge is 2.16. The van der Waals surface area contributed by atoms with E-state index in [2.05, 4.69) is 475 Å². The minimum atomic E-state index is 1.02. The quantitative estimate of drug-likeness (QED) is 0.0386. The van der Waals surface area contributed by atoms with Crippen LogP contribution in [0.5, 0.6) is 0 Å². The second-order valence-electron chi connectivity index (χ2n) is 25.9. The molecule has 0 bridgehead atoms.